The first-order chi connectivity index (χ1) is 17.5. The van der Waals surface area contributed by atoms with Gasteiger partial charge in [0.2, 0.25) is 0 Å². The highest BCUT2D eigenvalue weighted by Gasteiger charge is 2.18. The molecule has 0 radical (unpaired) electrons. The molecule has 9 heteroatoms. The first-order valence-electron chi connectivity index (χ1n) is 11.7. The number of rotatable bonds is 9. The molecule has 1 amide bonds. The second-order valence-electron chi connectivity index (χ2n) is 8.15. The third-order valence-electron chi connectivity index (χ3n) is 5.64. The number of carbonyl (C=O) groups is 2. The quantitative estimate of drug-likeness (QED) is 0.234. The lowest BCUT2D eigenvalue weighted by molar-refractivity contribution is -0.123. The van der Waals surface area contributed by atoms with Crippen LogP contribution in [-0.4, -0.2) is 47.4 Å². The number of nitrogens with zero attached hydrogens (tertiary/aromatic N) is 2. The molecule has 1 fully saturated rings. The van der Waals surface area contributed by atoms with Gasteiger partial charge < -0.3 is 14.0 Å². The number of thioether (sulfide) groups is 2. The van der Waals surface area contributed by atoms with Gasteiger partial charge in [-0.25, -0.2) is 10.2 Å². The van der Waals surface area contributed by atoms with Crippen molar-refractivity contribution in [1.82, 2.24) is 9.99 Å². The van der Waals surface area contributed by atoms with Crippen molar-refractivity contribution in [2.75, 3.05) is 24.7 Å². The molecule has 1 saturated heterocycles. The van der Waals surface area contributed by atoms with Gasteiger partial charge in [-0.15, -0.1) is 23.5 Å². The van der Waals surface area contributed by atoms with Gasteiger partial charge in [0.1, 0.15) is 5.75 Å². The van der Waals surface area contributed by atoms with E-state index < -0.39 is 0 Å². The molecule has 0 atom stereocenters. The van der Waals surface area contributed by atoms with Crippen LogP contribution in [0.1, 0.15) is 44.4 Å². The summed E-state index contributed by atoms with van der Waals surface area (Å²) in [5.74, 6) is 2.35. The van der Waals surface area contributed by atoms with Gasteiger partial charge in [0.05, 0.1) is 23.0 Å². The van der Waals surface area contributed by atoms with E-state index in [2.05, 4.69) is 27.2 Å². The van der Waals surface area contributed by atoms with Crippen LogP contribution in [0.2, 0.25) is 0 Å². The predicted octanol–water partition coefficient (Wildman–Crippen LogP) is 5.28. The zero-order valence-corrected chi connectivity index (χ0v) is 22.2. The first-order valence-corrected chi connectivity index (χ1v) is 13.8. The summed E-state index contributed by atoms with van der Waals surface area (Å²) in [4.78, 5) is 24.1. The van der Waals surface area contributed by atoms with Crippen molar-refractivity contribution in [3.63, 3.8) is 0 Å². The number of nitrogens with one attached hydrogen (secondary N) is 1. The van der Waals surface area contributed by atoms with Crippen LogP contribution in [0.15, 0.2) is 59.7 Å². The molecule has 188 valence electrons. The molecule has 2 aromatic carbocycles. The number of carbonyl (C=O) groups excluding carboxylic acids is 2. The molecule has 1 aliphatic rings. The summed E-state index contributed by atoms with van der Waals surface area (Å²) in [5.41, 5.74) is 8.08. The zero-order chi connectivity index (χ0) is 25.5. The van der Waals surface area contributed by atoms with Gasteiger partial charge in [-0.2, -0.15) is 5.10 Å². The lowest BCUT2D eigenvalue weighted by atomic mass is 10.2. The highest BCUT2D eigenvalue weighted by molar-refractivity contribution is 8.19. The van der Waals surface area contributed by atoms with Crippen molar-refractivity contribution < 1.29 is 19.1 Å². The molecular weight excluding hydrogens is 494 g/mol. The Labute approximate surface area is 219 Å². The average molecular weight is 524 g/mol. The SMILES string of the molecule is CCOC(=O)c1ccc(-n2c(C)cc(/C=N\NC(=O)COc3ccc(C4SCCS4)cc3)c2C)cc1. The van der Waals surface area contributed by atoms with Crippen LogP contribution >= 0.6 is 23.5 Å². The lowest BCUT2D eigenvalue weighted by Crippen LogP contribution is -2.24. The van der Waals surface area contributed by atoms with E-state index in [1.54, 1.807) is 25.3 Å². The normalized spacial score (nSPS) is 13.8. The topological polar surface area (TPSA) is 81.9 Å². The van der Waals surface area contributed by atoms with Gasteiger partial charge in [0, 0.05) is 34.1 Å². The number of hydrogen-bond donors (Lipinski definition) is 1. The molecule has 1 N–H and O–H groups in total. The molecular formula is C27H29N3O4S2. The summed E-state index contributed by atoms with van der Waals surface area (Å²) < 4.78 is 13.2. The summed E-state index contributed by atoms with van der Waals surface area (Å²) in [6.45, 7) is 5.98. The van der Waals surface area contributed by atoms with E-state index in [-0.39, 0.29) is 18.5 Å². The molecule has 0 spiro atoms. The van der Waals surface area contributed by atoms with E-state index in [0.29, 0.717) is 22.5 Å². The smallest absolute Gasteiger partial charge is 0.338 e. The largest absolute Gasteiger partial charge is 0.484 e. The molecule has 36 heavy (non-hydrogen) atoms. The third kappa shape index (κ3) is 6.33. The Balaban J connectivity index is 1.31. The minimum Gasteiger partial charge on any atom is -0.484 e. The van der Waals surface area contributed by atoms with Crippen LogP contribution in [0, 0.1) is 13.8 Å². The van der Waals surface area contributed by atoms with Crippen LogP contribution < -0.4 is 10.2 Å². The molecule has 7 nitrogen and oxygen atoms in total. The Morgan fingerprint density at radius 3 is 2.44 bits per heavy atom. The molecule has 4 rings (SSSR count). The summed E-state index contributed by atoms with van der Waals surface area (Å²) in [6, 6.07) is 17.2. The van der Waals surface area contributed by atoms with E-state index in [4.69, 9.17) is 9.47 Å². The number of hydrogen-bond acceptors (Lipinski definition) is 7. The third-order valence-corrected chi connectivity index (χ3v) is 8.75. The maximum absolute atomic E-state index is 12.2. The van der Waals surface area contributed by atoms with Crippen LogP contribution in [0.3, 0.4) is 0 Å². The fraction of sp³-hybridized carbons (Fsp3) is 0.296. The molecule has 0 saturated carbocycles. The van der Waals surface area contributed by atoms with Crippen LogP contribution in [-0.2, 0) is 9.53 Å². The molecule has 0 unspecified atom stereocenters. The van der Waals surface area contributed by atoms with Crippen LogP contribution in [0.25, 0.3) is 5.69 Å². The fourth-order valence-electron chi connectivity index (χ4n) is 3.90. The van der Waals surface area contributed by atoms with Crippen molar-refractivity contribution in [2.45, 2.75) is 25.4 Å². The van der Waals surface area contributed by atoms with E-state index in [9.17, 15) is 9.59 Å². The molecule has 1 aromatic heterocycles. The molecule has 3 aromatic rings. The minimum atomic E-state index is -0.336. The predicted molar refractivity (Wildman–Crippen MR) is 147 cm³/mol. The Kier molecular flexibility index (Phi) is 8.77. The summed E-state index contributed by atoms with van der Waals surface area (Å²) in [7, 11) is 0. The van der Waals surface area contributed by atoms with E-state index in [1.165, 1.54) is 17.1 Å². The highest BCUT2D eigenvalue weighted by Crippen LogP contribution is 2.45. The number of hydrazone groups is 1. The second kappa shape index (κ2) is 12.2. The average Bonchev–Trinajstić information content (AvgIpc) is 3.52. The number of aryl methyl sites for hydroxylation is 1. The molecule has 2 heterocycles. The number of benzene rings is 2. The minimum absolute atomic E-state index is 0.116. The van der Waals surface area contributed by atoms with Gasteiger partial charge in [-0.3, -0.25) is 4.79 Å². The second-order valence-corrected chi connectivity index (χ2v) is 10.9. The summed E-state index contributed by atoms with van der Waals surface area (Å²) >= 11 is 3.91. The van der Waals surface area contributed by atoms with Crippen molar-refractivity contribution in [1.29, 1.82) is 0 Å². The molecule has 0 bridgehead atoms. The number of amides is 1. The number of esters is 1. The Morgan fingerprint density at radius 1 is 1.08 bits per heavy atom. The van der Waals surface area contributed by atoms with Crippen molar-refractivity contribution in [2.24, 2.45) is 5.10 Å². The van der Waals surface area contributed by atoms with Gasteiger partial charge in [-0.05, 0) is 68.8 Å². The number of ether oxygens (including phenoxy) is 2. The maximum atomic E-state index is 12.2. The zero-order valence-electron chi connectivity index (χ0n) is 20.5. The standard InChI is InChI=1S/C27H29N3O4S2/c1-4-33-26(32)20-5-9-23(10-6-20)30-18(2)15-22(19(30)3)16-28-29-25(31)17-34-24-11-7-21(8-12-24)27-35-13-14-36-27/h5-12,15-16,27H,4,13-14,17H2,1-3H3,(H,29,31)/b28-16-. The van der Waals surface area contributed by atoms with Crippen molar-refractivity contribution in [3.05, 3.63) is 82.7 Å². The van der Waals surface area contributed by atoms with Crippen molar-refractivity contribution in [3.8, 4) is 11.4 Å². The van der Waals surface area contributed by atoms with E-state index in [0.717, 1.165) is 22.6 Å². The number of aromatic nitrogens is 1. The maximum Gasteiger partial charge on any atom is 0.338 e. The van der Waals surface area contributed by atoms with Gasteiger partial charge in [0.15, 0.2) is 6.61 Å². The van der Waals surface area contributed by atoms with Crippen LogP contribution in [0.5, 0.6) is 5.75 Å². The molecule has 0 aliphatic carbocycles. The Morgan fingerprint density at radius 2 is 1.78 bits per heavy atom. The Bertz CT molecular complexity index is 1230. The van der Waals surface area contributed by atoms with Crippen molar-refractivity contribution >= 4 is 41.6 Å². The summed E-state index contributed by atoms with van der Waals surface area (Å²) in [5, 5.41) is 4.10. The van der Waals surface area contributed by atoms with Gasteiger partial charge >= 0.3 is 5.97 Å². The van der Waals surface area contributed by atoms with E-state index >= 15 is 0 Å². The van der Waals surface area contributed by atoms with Crippen LogP contribution in [0.4, 0.5) is 0 Å². The fourth-order valence-corrected chi connectivity index (χ4v) is 6.76. The summed E-state index contributed by atoms with van der Waals surface area (Å²) in [6.07, 6.45) is 1.62. The molecule has 1 aliphatic heterocycles. The van der Waals surface area contributed by atoms with Gasteiger partial charge in [0.25, 0.3) is 5.91 Å². The highest BCUT2D eigenvalue weighted by atomic mass is 32.2. The monoisotopic (exact) mass is 523 g/mol. The first kappa shape index (κ1) is 25.9. The van der Waals surface area contributed by atoms with Gasteiger partial charge in [-0.1, -0.05) is 12.1 Å². The van der Waals surface area contributed by atoms with E-state index in [1.807, 2.05) is 67.7 Å². The lowest BCUT2D eigenvalue weighted by Gasteiger charge is -2.10. The Hall–Kier alpha value is -3.17.